The zero-order valence-corrected chi connectivity index (χ0v) is 11.2. The van der Waals surface area contributed by atoms with Crippen LogP contribution < -0.4 is 4.40 Å². The Balaban J connectivity index is 0.000000310. The van der Waals surface area contributed by atoms with Crippen LogP contribution in [0.4, 0.5) is 0 Å². The number of hydrogen-bond acceptors (Lipinski definition) is 1. The van der Waals surface area contributed by atoms with Crippen LogP contribution >= 0.6 is 11.6 Å². The molecule has 0 aliphatic rings. The molecule has 1 aromatic rings. The standard InChI is InChI=1S/C7H7ClGe.C2H6NS/c1-9-7-4-2-6(8)3-5-7;3-1-2-4/h2-5H,1H3;3-4H,1-2H2/q;-1/p-1. The first-order chi connectivity index (χ1) is 6.24. The summed E-state index contributed by atoms with van der Waals surface area (Å²) in [7, 11) is 0. The zero-order chi connectivity index (χ0) is 10.1. The average Bonchev–Trinajstić information content (AvgIpc) is 2.19. The van der Waals surface area contributed by atoms with Gasteiger partial charge in [0.15, 0.2) is 0 Å². The minimum Gasteiger partial charge on any atom is -0.794 e. The summed E-state index contributed by atoms with van der Waals surface area (Å²) in [5.41, 5.74) is 6.35. The van der Waals surface area contributed by atoms with Gasteiger partial charge < -0.3 is 18.4 Å². The topological polar surface area (TPSA) is 23.8 Å². The van der Waals surface area contributed by atoms with E-state index in [1.54, 1.807) is 0 Å². The normalized spacial score (nSPS) is 8.92. The molecule has 72 valence electrons. The van der Waals surface area contributed by atoms with Crippen LogP contribution in [0, 0.1) is 0 Å². The minimum atomic E-state index is 0.123. The largest absolute Gasteiger partial charge is 0.794 e. The molecule has 0 unspecified atom stereocenters. The molecule has 0 aliphatic heterocycles. The van der Waals surface area contributed by atoms with E-state index in [1.807, 2.05) is 12.1 Å². The van der Waals surface area contributed by atoms with Crippen LogP contribution in [0.5, 0.6) is 0 Å². The Bertz CT molecular complexity index is 213. The van der Waals surface area contributed by atoms with Crippen molar-refractivity contribution < 1.29 is 0 Å². The molecule has 0 atom stereocenters. The summed E-state index contributed by atoms with van der Waals surface area (Å²) in [5, 5.41) is 0.832. The van der Waals surface area contributed by atoms with Gasteiger partial charge in [-0.05, 0) is 0 Å². The van der Waals surface area contributed by atoms with Crippen LogP contribution in [0.1, 0.15) is 0 Å². The van der Waals surface area contributed by atoms with Crippen LogP contribution in [0.2, 0.25) is 10.8 Å². The first-order valence-corrected chi connectivity index (χ1v) is 8.01. The Hall–Kier alpha value is 0.363. The molecule has 0 fully saturated rings. The Morgan fingerprint density at radius 2 is 1.85 bits per heavy atom. The van der Waals surface area contributed by atoms with Crippen LogP contribution in [-0.4, -0.2) is 27.7 Å². The number of hydrogen-bond donors (Lipinski definition) is 0. The monoisotopic (exact) mass is 275 g/mol. The third-order valence-electron chi connectivity index (χ3n) is 1.23. The van der Waals surface area contributed by atoms with E-state index in [0.717, 1.165) is 5.02 Å². The van der Waals surface area contributed by atoms with E-state index >= 15 is 0 Å². The predicted molar refractivity (Wildman–Crippen MR) is 64.1 cm³/mol. The van der Waals surface area contributed by atoms with Gasteiger partial charge >= 0.3 is 66.5 Å². The van der Waals surface area contributed by atoms with Crippen molar-refractivity contribution in [2.24, 2.45) is 0 Å². The minimum absolute atomic E-state index is 0.123. The maximum Gasteiger partial charge on any atom is -0.174 e. The molecule has 0 aromatic heterocycles. The third kappa shape index (κ3) is 7.43. The third-order valence-corrected chi connectivity index (χ3v) is 3.60. The molecular weight excluding hydrogens is 262 g/mol. The van der Waals surface area contributed by atoms with Crippen molar-refractivity contribution in [1.29, 1.82) is 0 Å². The number of benzene rings is 1. The summed E-state index contributed by atoms with van der Waals surface area (Å²) in [6.45, 7) is 0.384. The van der Waals surface area contributed by atoms with Gasteiger partial charge in [0.25, 0.3) is 0 Å². The van der Waals surface area contributed by atoms with Gasteiger partial charge in [-0.15, -0.1) is 0 Å². The Morgan fingerprint density at radius 1 is 1.38 bits per heavy atom. The quantitative estimate of drug-likeness (QED) is 0.599. The Kier molecular flexibility index (Phi) is 9.19. The molecule has 0 spiro atoms. The van der Waals surface area contributed by atoms with Gasteiger partial charge in [0.1, 0.15) is 0 Å². The molecule has 1 aromatic carbocycles. The Morgan fingerprint density at radius 3 is 2.15 bits per heavy atom. The van der Waals surface area contributed by atoms with Crippen LogP contribution in [-0.2, 0) is 12.6 Å². The van der Waals surface area contributed by atoms with Gasteiger partial charge in [0.2, 0.25) is 0 Å². The molecule has 0 saturated heterocycles. The molecule has 0 amide bonds. The molecule has 0 saturated carbocycles. The van der Waals surface area contributed by atoms with Gasteiger partial charge in [0, 0.05) is 0 Å². The van der Waals surface area contributed by atoms with Crippen molar-refractivity contribution in [2.45, 2.75) is 5.76 Å². The smallest absolute Gasteiger partial charge is 0.174 e. The molecule has 2 radical (unpaired) electrons. The van der Waals surface area contributed by atoms with E-state index in [2.05, 4.69) is 30.5 Å². The average molecular weight is 274 g/mol. The van der Waals surface area contributed by atoms with E-state index in [0.29, 0.717) is 12.3 Å². The number of halogens is 1. The van der Waals surface area contributed by atoms with Gasteiger partial charge in [-0.2, -0.15) is 12.3 Å². The van der Waals surface area contributed by atoms with Crippen molar-refractivity contribution >= 4 is 44.1 Å². The summed E-state index contributed by atoms with van der Waals surface area (Å²) >= 11 is 10.2. The molecule has 0 aliphatic carbocycles. The molecule has 0 bridgehead atoms. The van der Waals surface area contributed by atoms with Gasteiger partial charge in [-0.25, -0.2) is 0 Å². The van der Waals surface area contributed by atoms with Crippen LogP contribution in [0.25, 0.3) is 5.73 Å². The second-order valence-electron chi connectivity index (χ2n) is 2.21. The van der Waals surface area contributed by atoms with Crippen LogP contribution in [0.15, 0.2) is 24.3 Å². The van der Waals surface area contributed by atoms with E-state index in [-0.39, 0.29) is 15.4 Å². The van der Waals surface area contributed by atoms with E-state index < -0.39 is 0 Å². The van der Waals surface area contributed by atoms with E-state index in [4.69, 9.17) is 17.3 Å². The SMILES string of the molecule is [CH3][Ge][c]1ccc(Cl)cc1.[NH-]CC[S-]. The fourth-order valence-electron chi connectivity index (χ4n) is 0.617. The summed E-state index contributed by atoms with van der Waals surface area (Å²) in [6, 6.07) is 8.10. The second-order valence-corrected chi connectivity index (χ2v) is 5.32. The fourth-order valence-corrected chi connectivity index (χ4v) is 1.79. The molecule has 4 heteroatoms. The number of nitrogens with one attached hydrogen (secondary N) is 1. The maximum absolute atomic E-state index is 6.35. The van der Waals surface area contributed by atoms with Crippen molar-refractivity contribution in [3.63, 3.8) is 0 Å². The summed E-state index contributed by atoms with van der Waals surface area (Å²) in [4.78, 5) is 0. The fraction of sp³-hybridized carbons (Fsp3) is 0.333. The number of rotatable bonds is 2. The molecular formula is C9H12ClGeNS-2. The van der Waals surface area contributed by atoms with Crippen molar-refractivity contribution in [2.75, 3.05) is 12.3 Å². The summed E-state index contributed by atoms with van der Waals surface area (Å²) in [5.74, 6) is 2.82. The second kappa shape index (κ2) is 8.94. The summed E-state index contributed by atoms with van der Waals surface area (Å²) in [6.07, 6.45) is 0. The van der Waals surface area contributed by atoms with Gasteiger partial charge in [-0.1, -0.05) is 0 Å². The molecule has 1 N–H and O–H groups in total. The van der Waals surface area contributed by atoms with E-state index in [9.17, 15) is 0 Å². The molecule has 13 heavy (non-hydrogen) atoms. The molecule has 1 rings (SSSR count). The van der Waals surface area contributed by atoms with Crippen molar-refractivity contribution in [1.82, 2.24) is 0 Å². The van der Waals surface area contributed by atoms with Gasteiger partial charge in [0.05, 0.1) is 0 Å². The van der Waals surface area contributed by atoms with E-state index in [1.165, 1.54) is 4.40 Å². The van der Waals surface area contributed by atoms with Crippen molar-refractivity contribution in [3.05, 3.63) is 35.0 Å². The maximum atomic E-state index is 6.35. The molecule has 1 nitrogen and oxygen atoms in total. The summed E-state index contributed by atoms with van der Waals surface area (Å²) < 4.78 is 1.46. The van der Waals surface area contributed by atoms with Gasteiger partial charge in [-0.3, -0.25) is 0 Å². The first-order valence-electron chi connectivity index (χ1n) is 3.90. The van der Waals surface area contributed by atoms with Crippen LogP contribution in [0.3, 0.4) is 0 Å². The predicted octanol–water partition coefficient (Wildman–Crippen LogP) is 2.30. The zero-order valence-electron chi connectivity index (χ0n) is 7.51. The first kappa shape index (κ1) is 13.4. The molecule has 0 heterocycles. The Labute approximate surface area is 96.9 Å². The van der Waals surface area contributed by atoms with Crippen molar-refractivity contribution in [3.8, 4) is 0 Å².